The van der Waals surface area contributed by atoms with Crippen LogP contribution in [0, 0.1) is 0 Å². The molecule has 1 unspecified atom stereocenters. The maximum atomic E-state index is 6.82. The van der Waals surface area contributed by atoms with E-state index in [0.717, 1.165) is 10.0 Å². The van der Waals surface area contributed by atoms with Crippen molar-refractivity contribution >= 4 is 50.1 Å². The van der Waals surface area contributed by atoms with E-state index in [1.807, 2.05) is 6.07 Å². The Morgan fingerprint density at radius 2 is 1.52 bits per heavy atom. The third-order valence-electron chi connectivity index (χ3n) is 3.59. The highest BCUT2D eigenvalue weighted by molar-refractivity contribution is 9.10. The van der Waals surface area contributed by atoms with E-state index in [-0.39, 0.29) is 5.38 Å². The van der Waals surface area contributed by atoms with Gasteiger partial charge in [-0.1, -0.05) is 64.5 Å². The third-order valence-corrected chi connectivity index (χ3v) is 5.56. The maximum Gasteiger partial charge on any atom is 0.0852 e. The van der Waals surface area contributed by atoms with Crippen LogP contribution in [0.2, 0.25) is 0 Å². The number of hydrogen-bond acceptors (Lipinski definition) is 1. The SMILES string of the molecule is CSc1ccccc1C(Cl)c1ccc(Br)c2ccccc12. The molecule has 0 nitrogen and oxygen atoms in total. The zero-order chi connectivity index (χ0) is 14.8. The van der Waals surface area contributed by atoms with E-state index in [1.54, 1.807) is 11.8 Å². The van der Waals surface area contributed by atoms with Gasteiger partial charge in [0, 0.05) is 9.37 Å². The van der Waals surface area contributed by atoms with Crippen LogP contribution in [0.25, 0.3) is 10.8 Å². The van der Waals surface area contributed by atoms with Crippen LogP contribution in [0.5, 0.6) is 0 Å². The highest BCUT2D eigenvalue weighted by atomic mass is 79.9. The van der Waals surface area contributed by atoms with Crippen LogP contribution < -0.4 is 0 Å². The number of rotatable bonds is 3. The zero-order valence-electron chi connectivity index (χ0n) is 11.5. The van der Waals surface area contributed by atoms with Crippen molar-refractivity contribution in [2.45, 2.75) is 10.3 Å². The minimum atomic E-state index is -0.147. The molecule has 0 aliphatic carbocycles. The molecular weight excluding hydrogens is 364 g/mol. The molecular formula is C18H14BrClS. The Labute approximate surface area is 142 Å². The normalized spacial score (nSPS) is 12.5. The average molecular weight is 378 g/mol. The van der Waals surface area contributed by atoms with Crippen molar-refractivity contribution in [1.29, 1.82) is 0 Å². The van der Waals surface area contributed by atoms with Gasteiger partial charge in [0.2, 0.25) is 0 Å². The monoisotopic (exact) mass is 376 g/mol. The average Bonchev–Trinajstić information content (AvgIpc) is 2.55. The molecule has 0 saturated heterocycles. The standard InChI is InChI=1S/C18H14BrClS/c1-21-17-9-5-4-8-15(17)18(20)14-10-11-16(19)13-7-3-2-6-12(13)14/h2-11,18H,1H3. The molecule has 0 saturated carbocycles. The Morgan fingerprint density at radius 3 is 2.29 bits per heavy atom. The summed E-state index contributed by atoms with van der Waals surface area (Å²) in [5.74, 6) is 0. The van der Waals surface area contributed by atoms with Gasteiger partial charge in [-0.2, -0.15) is 0 Å². The molecule has 0 amide bonds. The summed E-state index contributed by atoms with van der Waals surface area (Å²) in [6, 6.07) is 20.9. The molecule has 0 aliphatic rings. The van der Waals surface area contributed by atoms with Gasteiger partial charge in [-0.3, -0.25) is 0 Å². The number of alkyl halides is 1. The summed E-state index contributed by atoms with van der Waals surface area (Å²) < 4.78 is 1.10. The Bertz CT molecular complexity index is 785. The second-order valence-corrected chi connectivity index (χ2v) is 6.93. The Balaban J connectivity index is 2.18. The highest BCUT2D eigenvalue weighted by Crippen LogP contribution is 2.39. The highest BCUT2D eigenvalue weighted by Gasteiger charge is 2.17. The minimum Gasteiger partial charge on any atom is -0.129 e. The second-order valence-electron chi connectivity index (χ2n) is 4.79. The van der Waals surface area contributed by atoms with Crippen molar-refractivity contribution in [2.24, 2.45) is 0 Å². The number of halogens is 2. The van der Waals surface area contributed by atoms with E-state index in [0.29, 0.717) is 0 Å². The Morgan fingerprint density at radius 1 is 0.857 bits per heavy atom. The summed E-state index contributed by atoms with van der Waals surface area (Å²) in [5.41, 5.74) is 2.32. The van der Waals surface area contributed by atoms with Crippen molar-refractivity contribution in [3.63, 3.8) is 0 Å². The second kappa shape index (κ2) is 6.43. The molecule has 106 valence electrons. The summed E-state index contributed by atoms with van der Waals surface area (Å²) in [7, 11) is 0. The first-order chi connectivity index (χ1) is 10.2. The first-order valence-corrected chi connectivity index (χ1v) is 9.12. The smallest absolute Gasteiger partial charge is 0.0852 e. The van der Waals surface area contributed by atoms with Crippen molar-refractivity contribution in [1.82, 2.24) is 0 Å². The van der Waals surface area contributed by atoms with Gasteiger partial charge in [0.15, 0.2) is 0 Å². The lowest BCUT2D eigenvalue weighted by Gasteiger charge is -2.16. The number of benzene rings is 3. The summed E-state index contributed by atoms with van der Waals surface area (Å²) in [6.45, 7) is 0. The van der Waals surface area contributed by atoms with Gasteiger partial charge in [-0.25, -0.2) is 0 Å². The third kappa shape index (κ3) is 2.85. The fourth-order valence-corrected chi connectivity index (χ4v) is 4.11. The molecule has 0 spiro atoms. The van der Waals surface area contributed by atoms with Crippen LogP contribution in [0.15, 0.2) is 70.0 Å². The van der Waals surface area contributed by atoms with Crippen molar-refractivity contribution in [3.8, 4) is 0 Å². The fraction of sp³-hybridized carbons (Fsp3) is 0.111. The molecule has 3 rings (SSSR count). The maximum absolute atomic E-state index is 6.82. The van der Waals surface area contributed by atoms with Crippen LogP contribution in [0.4, 0.5) is 0 Å². The van der Waals surface area contributed by atoms with E-state index in [1.165, 1.54) is 21.2 Å². The zero-order valence-corrected chi connectivity index (χ0v) is 14.7. The lowest BCUT2D eigenvalue weighted by Crippen LogP contribution is -1.97. The molecule has 0 N–H and O–H groups in total. The number of hydrogen-bond donors (Lipinski definition) is 0. The van der Waals surface area contributed by atoms with E-state index in [4.69, 9.17) is 11.6 Å². The molecule has 0 bridgehead atoms. The fourth-order valence-electron chi connectivity index (χ4n) is 2.55. The molecule has 3 aromatic rings. The molecule has 1 atom stereocenters. The van der Waals surface area contributed by atoms with E-state index in [9.17, 15) is 0 Å². The van der Waals surface area contributed by atoms with Gasteiger partial charge in [0.1, 0.15) is 0 Å². The molecule has 3 heteroatoms. The van der Waals surface area contributed by atoms with Gasteiger partial charge >= 0.3 is 0 Å². The first kappa shape index (κ1) is 15.0. The van der Waals surface area contributed by atoms with Crippen LogP contribution in [-0.4, -0.2) is 6.26 Å². The van der Waals surface area contributed by atoms with Crippen molar-refractivity contribution in [3.05, 3.63) is 76.3 Å². The molecule has 0 aromatic heterocycles. The predicted molar refractivity (Wildman–Crippen MR) is 97.6 cm³/mol. The summed E-state index contributed by atoms with van der Waals surface area (Å²) in [4.78, 5) is 1.23. The number of fused-ring (bicyclic) bond motifs is 1. The summed E-state index contributed by atoms with van der Waals surface area (Å²) in [5, 5.41) is 2.25. The van der Waals surface area contributed by atoms with Gasteiger partial charge in [0.05, 0.1) is 5.38 Å². The predicted octanol–water partition coefficient (Wildman–Crippen LogP) is 6.65. The first-order valence-electron chi connectivity index (χ1n) is 6.66. The van der Waals surface area contributed by atoms with Gasteiger partial charge in [-0.15, -0.1) is 23.4 Å². The summed E-state index contributed by atoms with van der Waals surface area (Å²) >= 11 is 12.2. The quantitative estimate of drug-likeness (QED) is 0.363. The van der Waals surface area contributed by atoms with E-state index >= 15 is 0 Å². The van der Waals surface area contributed by atoms with Crippen molar-refractivity contribution < 1.29 is 0 Å². The molecule has 21 heavy (non-hydrogen) atoms. The van der Waals surface area contributed by atoms with E-state index < -0.39 is 0 Å². The van der Waals surface area contributed by atoms with Crippen LogP contribution >= 0.6 is 39.3 Å². The van der Waals surface area contributed by atoms with Gasteiger partial charge < -0.3 is 0 Å². The lowest BCUT2D eigenvalue weighted by molar-refractivity contribution is 1.10. The largest absolute Gasteiger partial charge is 0.129 e. The summed E-state index contributed by atoms with van der Waals surface area (Å²) in [6.07, 6.45) is 2.09. The molecule has 0 radical (unpaired) electrons. The van der Waals surface area contributed by atoms with Crippen LogP contribution in [0.1, 0.15) is 16.5 Å². The molecule has 3 aromatic carbocycles. The van der Waals surface area contributed by atoms with Gasteiger partial charge in [-0.05, 0) is 40.3 Å². The van der Waals surface area contributed by atoms with E-state index in [2.05, 4.69) is 76.8 Å². The van der Waals surface area contributed by atoms with Gasteiger partial charge in [0.25, 0.3) is 0 Å². The molecule has 0 aliphatic heterocycles. The minimum absolute atomic E-state index is 0.147. The topological polar surface area (TPSA) is 0 Å². The Hall–Kier alpha value is -0.960. The van der Waals surface area contributed by atoms with Crippen molar-refractivity contribution in [2.75, 3.05) is 6.26 Å². The Kier molecular flexibility index (Phi) is 4.58. The lowest BCUT2D eigenvalue weighted by atomic mass is 9.98. The molecule has 0 heterocycles. The van der Waals surface area contributed by atoms with Crippen LogP contribution in [0.3, 0.4) is 0 Å². The molecule has 0 fully saturated rings. The van der Waals surface area contributed by atoms with Crippen LogP contribution in [-0.2, 0) is 0 Å². The number of thioether (sulfide) groups is 1.